The van der Waals surface area contributed by atoms with Crippen molar-refractivity contribution >= 4 is 21.4 Å². The van der Waals surface area contributed by atoms with Gasteiger partial charge in [-0.05, 0) is 18.6 Å². The fraction of sp³-hybridized carbons (Fsp3) is 0.500. The summed E-state index contributed by atoms with van der Waals surface area (Å²) in [4.78, 5) is 0. The lowest BCUT2D eigenvalue weighted by atomic mass is 10.2. The molecule has 0 amide bonds. The molecular formula is C12H18ClNO3S. The molecule has 4 nitrogen and oxygen atoms in total. The smallest absolute Gasteiger partial charge is 0.157 e. The second-order valence-electron chi connectivity index (χ2n) is 3.96. The highest BCUT2D eigenvalue weighted by Crippen LogP contribution is 2.18. The van der Waals surface area contributed by atoms with E-state index in [1.54, 1.807) is 24.3 Å². The first-order valence-electron chi connectivity index (χ1n) is 5.74. The van der Waals surface area contributed by atoms with Gasteiger partial charge in [-0.2, -0.15) is 0 Å². The largest absolute Gasteiger partial charge is 0.376 e. The van der Waals surface area contributed by atoms with Crippen molar-refractivity contribution in [2.75, 3.05) is 18.9 Å². The van der Waals surface area contributed by atoms with Crippen LogP contribution >= 0.6 is 11.6 Å². The summed E-state index contributed by atoms with van der Waals surface area (Å²) < 4.78 is 29.3. The zero-order chi connectivity index (χ0) is 13.6. The summed E-state index contributed by atoms with van der Waals surface area (Å²) in [5.41, 5.74) is 6.08. The van der Waals surface area contributed by atoms with Gasteiger partial charge in [0.05, 0.1) is 17.6 Å². The maximum Gasteiger partial charge on any atom is 0.157 e. The number of ether oxygens (including phenoxy) is 1. The van der Waals surface area contributed by atoms with Crippen LogP contribution in [0.15, 0.2) is 24.3 Å². The number of halogens is 1. The average molecular weight is 292 g/mol. The number of rotatable bonds is 7. The normalized spacial score (nSPS) is 13.5. The van der Waals surface area contributed by atoms with Crippen LogP contribution in [0.3, 0.4) is 0 Å². The van der Waals surface area contributed by atoms with Crippen molar-refractivity contribution in [3.63, 3.8) is 0 Å². The van der Waals surface area contributed by atoms with E-state index in [4.69, 9.17) is 22.1 Å². The molecule has 6 heteroatoms. The third kappa shape index (κ3) is 4.94. The van der Waals surface area contributed by atoms with Gasteiger partial charge in [0.2, 0.25) is 0 Å². The van der Waals surface area contributed by atoms with Crippen LogP contribution in [0.5, 0.6) is 0 Å². The molecule has 1 atom stereocenters. The minimum Gasteiger partial charge on any atom is -0.376 e. The highest BCUT2D eigenvalue weighted by atomic mass is 35.5. The Bertz CT molecular complexity index is 476. The topological polar surface area (TPSA) is 69.4 Å². The van der Waals surface area contributed by atoms with Crippen LogP contribution in [-0.2, 0) is 20.3 Å². The molecule has 0 aliphatic carbocycles. The van der Waals surface area contributed by atoms with Crippen LogP contribution in [0, 0.1) is 0 Å². The van der Waals surface area contributed by atoms with E-state index in [0.717, 1.165) is 0 Å². The Labute approximate surface area is 113 Å². The van der Waals surface area contributed by atoms with E-state index in [1.807, 2.05) is 6.92 Å². The SMILES string of the molecule is CCOC(CN)CS(=O)(=O)Cc1ccccc1Cl. The van der Waals surface area contributed by atoms with Gasteiger partial charge in [0.25, 0.3) is 0 Å². The molecule has 0 saturated heterocycles. The Morgan fingerprint density at radius 2 is 2.06 bits per heavy atom. The predicted octanol–water partition coefficient (Wildman–Crippen LogP) is 1.62. The molecule has 0 radical (unpaired) electrons. The fourth-order valence-electron chi connectivity index (χ4n) is 1.61. The zero-order valence-electron chi connectivity index (χ0n) is 10.3. The summed E-state index contributed by atoms with van der Waals surface area (Å²) in [6, 6.07) is 6.91. The second kappa shape index (κ2) is 7.09. The first-order valence-corrected chi connectivity index (χ1v) is 7.94. The van der Waals surface area contributed by atoms with E-state index >= 15 is 0 Å². The van der Waals surface area contributed by atoms with E-state index in [9.17, 15) is 8.42 Å². The number of benzene rings is 1. The van der Waals surface area contributed by atoms with E-state index in [0.29, 0.717) is 17.2 Å². The molecule has 0 heterocycles. The predicted molar refractivity (Wildman–Crippen MR) is 73.4 cm³/mol. The maximum atomic E-state index is 12.0. The average Bonchev–Trinajstić information content (AvgIpc) is 2.31. The van der Waals surface area contributed by atoms with Crippen LogP contribution in [0.4, 0.5) is 0 Å². The number of nitrogens with two attached hydrogens (primary N) is 1. The molecule has 2 N–H and O–H groups in total. The Morgan fingerprint density at radius 3 is 2.61 bits per heavy atom. The van der Waals surface area contributed by atoms with Gasteiger partial charge < -0.3 is 10.5 Å². The van der Waals surface area contributed by atoms with Crippen molar-refractivity contribution in [1.29, 1.82) is 0 Å². The molecule has 0 spiro atoms. The first kappa shape index (κ1) is 15.4. The number of sulfone groups is 1. The molecule has 0 aliphatic rings. The van der Waals surface area contributed by atoms with E-state index in [1.165, 1.54) is 0 Å². The maximum absolute atomic E-state index is 12.0. The van der Waals surface area contributed by atoms with Crippen LogP contribution in [0.25, 0.3) is 0 Å². The van der Waals surface area contributed by atoms with E-state index < -0.39 is 15.9 Å². The van der Waals surface area contributed by atoms with E-state index in [-0.39, 0.29) is 18.1 Å². The minimum atomic E-state index is -3.28. The van der Waals surface area contributed by atoms with Crippen LogP contribution in [0.2, 0.25) is 5.02 Å². The lowest BCUT2D eigenvalue weighted by Gasteiger charge is -2.15. The van der Waals surface area contributed by atoms with Crippen LogP contribution in [-0.4, -0.2) is 33.4 Å². The summed E-state index contributed by atoms with van der Waals surface area (Å²) in [6.07, 6.45) is -0.456. The third-order valence-electron chi connectivity index (χ3n) is 2.44. The summed E-state index contributed by atoms with van der Waals surface area (Å²) in [7, 11) is -3.28. The van der Waals surface area contributed by atoms with Crippen molar-refractivity contribution < 1.29 is 13.2 Å². The zero-order valence-corrected chi connectivity index (χ0v) is 11.9. The third-order valence-corrected chi connectivity index (χ3v) is 4.44. The van der Waals surface area contributed by atoms with Gasteiger partial charge in [0.15, 0.2) is 9.84 Å². The van der Waals surface area contributed by atoms with Crippen LogP contribution < -0.4 is 5.73 Å². The van der Waals surface area contributed by atoms with E-state index in [2.05, 4.69) is 0 Å². The van der Waals surface area contributed by atoms with Gasteiger partial charge >= 0.3 is 0 Å². The molecule has 0 fully saturated rings. The molecule has 0 saturated carbocycles. The molecule has 18 heavy (non-hydrogen) atoms. The second-order valence-corrected chi connectivity index (χ2v) is 6.48. The Balaban J connectivity index is 2.73. The van der Waals surface area contributed by atoms with Crippen molar-refractivity contribution in [2.24, 2.45) is 5.73 Å². The van der Waals surface area contributed by atoms with Gasteiger partial charge in [0, 0.05) is 18.2 Å². The molecule has 0 aromatic heterocycles. The summed E-state index contributed by atoms with van der Waals surface area (Å²) in [5, 5.41) is 0.460. The van der Waals surface area contributed by atoms with Crippen molar-refractivity contribution in [1.82, 2.24) is 0 Å². The summed E-state index contributed by atoms with van der Waals surface area (Å²) >= 11 is 5.94. The molecule has 1 aromatic carbocycles. The first-order chi connectivity index (χ1) is 8.48. The quantitative estimate of drug-likeness (QED) is 0.829. The van der Waals surface area contributed by atoms with Gasteiger partial charge in [0.1, 0.15) is 0 Å². The van der Waals surface area contributed by atoms with Gasteiger partial charge in [-0.3, -0.25) is 0 Å². The lowest BCUT2D eigenvalue weighted by Crippen LogP contribution is -2.32. The molecule has 0 aliphatic heterocycles. The molecule has 102 valence electrons. The highest BCUT2D eigenvalue weighted by molar-refractivity contribution is 7.90. The Hall–Kier alpha value is -0.620. The van der Waals surface area contributed by atoms with Crippen LogP contribution in [0.1, 0.15) is 12.5 Å². The van der Waals surface area contributed by atoms with Crippen molar-refractivity contribution in [3.05, 3.63) is 34.9 Å². The summed E-state index contributed by atoms with van der Waals surface area (Å²) in [5.74, 6) is -0.168. The molecule has 1 aromatic rings. The molecule has 0 bridgehead atoms. The number of hydrogen-bond acceptors (Lipinski definition) is 4. The van der Waals surface area contributed by atoms with Crippen molar-refractivity contribution in [3.8, 4) is 0 Å². The minimum absolute atomic E-state index is 0.0808. The number of hydrogen-bond donors (Lipinski definition) is 1. The van der Waals surface area contributed by atoms with Gasteiger partial charge in [-0.1, -0.05) is 29.8 Å². The lowest BCUT2D eigenvalue weighted by molar-refractivity contribution is 0.0846. The molecule has 1 unspecified atom stereocenters. The van der Waals surface area contributed by atoms with Gasteiger partial charge in [-0.15, -0.1) is 0 Å². The fourth-order valence-corrected chi connectivity index (χ4v) is 3.54. The monoisotopic (exact) mass is 291 g/mol. The van der Waals surface area contributed by atoms with Gasteiger partial charge in [-0.25, -0.2) is 8.42 Å². The standard InChI is InChI=1S/C12H18ClNO3S/c1-2-17-11(7-14)9-18(15,16)8-10-5-3-4-6-12(10)13/h3-6,11H,2,7-9,14H2,1H3. The van der Waals surface area contributed by atoms with Crippen molar-refractivity contribution in [2.45, 2.75) is 18.8 Å². The molecular weight excluding hydrogens is 274 g/mol. The summed E-state index contributed by atoms with van der Waals surface area (Å²) in [6.45, 7) is 2.45. The Kier molecular flexibility index (Phi) is 6.08. The molecule has 1 rings (SSSR count). The highest BCUT2D eigenvalue weighted by Gasteiger charge is 2.20. The Morgan fingerprint density at radius 1 is 1.39 bits per heavy atom.